The van der Waals surface area contributed by atoms with Crippen LogP contribution in [0.25, 0.3) is 16.8 Å². The molecule has 0 aliphatic heterocycles. The highest BCUT2D eigenvalue weighted by molar-refractivity contribution is 5.92. The van der Waals surface area contributed by atoms with Crippen molar-refractivity contribution in [2.45, 2.75) is 13.3 Å². The number of hydrogen-bond acceptors (Lipinski definition) is 5. The Morgan fingerprint density at radius 1 is 0.912 bits per heavy atom. The Morgan fingerprint density at radius 3 is 2.41 bits per heavy atom. The zero-order chi connectivity index (χ0) is 23.5. The molecule has 0 aliphatic carbocycles. The fraction of sp³-hybridized carbons (Fsp3) is 0.0741. The normalized spacial score (nSPS) is 10.9. The van der Waals surface area contributed by atoms with Gasteiger partial charge in [0.25, 0.3) is 0 Å². The zero-order valence-electron chi connectivity index (χ0n) is 18.7. The molecule has 0 saturated heterocycles. The summed E-state index contributed by atoms with van der Waals surface area (Å²) in [6.45, 7) is 2.01. The van der Waals surface area contributed by atoms with Gasteiger partial charge in [0.05, 0.1) is 17.8 Å². The van der Waals surface area contributed by atoms with E-state index in [1.165, 1.54) is 0 Å². The van der Waals surface area contributed by atoms with Gasteiger partial charge in [-0.2, -0.15) is 4.98 Å². The molecule has 0 radical (unpaired) electrons. The Labute approximate surface area is 197 Å². The number of anilines is 4. The molecule has 2 aromatic heterocycles. The molecule has 0 atom stereocenters. The standard InChI is InChI=1S/C27H24N6O/c1-18-22(15-16-25-31-27(32-33(18)25)30-24-10-6-5-9-23(24)28)20-11-13-21(14-12-20)29-26(34)17-19-7-3-2-4-8-19/h2-16H,17,28H2,1H3,(H,29,34)(H,30,32). The molecular formula is C27H24N6O. The third-order valence-electron chi connectivity index (χ3n) is 5.63. The highest BCUT2D eigenvalue weighted by Gasteiger charge is 2.12. The van der Waals surface area contributed by atoms with Crippen LogP contribution in [-0.4, -0.2) is 20.5 Å². The van der Waals surface area contributed by atoms with E-state index in [0.29, 0.717) is 18.1 Å². The number of carbonyl (C=O) groups is 1. The van der Waals surface area contributed by atoms with Crippen LogP contribution in [-0.2, 0) is 11.2 Å². The van der Waals surface area contributed by atoms with Crippen LogP contribution in [0.4, 0.5) is 23.0 Å². The van der Waals surface area contributed by atoms with E-state index in [1.54, 1.807) is 0 Å². The van der Waals surface area contributed by atoms with Gasteiger partial charge in [-0.05, 0) is 54.4 Å². The largest absolute Gasteiger partial charge is 0.397 e. The van der Waals surface area contributed by atoms with Crippen molar-refractivity contribution < 1.29 is 4.79 Å². The van der Waals surface area contributed by atoms with Crippen molar-refractivity contribution in [3.63, 3.8) is 0 Å². The Bertz CT molecular complexity index is 1460. The van der Waals surface area contributed by atoms with Gasteiger partial charge in [-0.3, -0.25) is 4.79 Å². The molecule has 0 saturated carbocycles. The van der Waals surface area contributed by atoms with Gasteiger partial charge in [-0.25, -0.2) is 4.52 Å². The summed E-state index contributed by atoms with van der Waals surface area (Å²) in [6.07, 6.45) is 0.343. The van der Waals surface area contributed by atoms with Gasteiger partial charge >= 0.3 is 0 Å². The number of pyridine rings is 1. The van der Waals surface area contributed by atoms with Crippen LogP contribution in [0.3, 0.4) is 0 Å². The van der Waals surface area contributed by atoms with Gasteiger partial charge in [0.2, 0.25) is 11.9 Å². The van der Waals surface area contributed by atoms with Gasteiger partial charge in [0, 0.05) is 16.9 Å². The summed E-state index contributed by atoms with van der Waals surface area (Å²) in [4.78, 5) is 16.9. The minimum atomic E-state index is -0.0433. The lowest BCUT2D eigenvalue weighted by Crippen LogP contribution is -2.14. The smallest absolute Gasteiger partial charge is 0.247 e. The van der Waals surface area contributed by atoms with E-state index in [2.05, 4.69) is 20.7 Å². The van der Waals surface area contributed by atoms with Crippen LogP contribution in [0.1, 0.15) is 11.3 Å². The van der Waals surface area contributed by atoms with Gasteiger partial charge in [0.1, 0.15) is 0 Å². The minimum Gasteiger partial charge on any atom is -0.397 e. The number of benzene rings is 3. The summed E-state index contributed by atoms with van der Waals surface area (Å²) in [5, 5.41) is 10.8. The van der Waals surface area contributed by atoms with Crippen molar-refractivity contribution in [2.24, 2.45) is 0 Å². The molecule has 0 spiro atoms. The third kappa shape index (κ3) is 4.45. The number of nitrogens with two attached hydrogens (primary N) is 1. The molecule has 5 aromatic rings. The molecule has 168 valence electrons. The number of aromatic nitrogens is 3. The number of nitrogens with one attached hydrogen (secondary N) is 2. The van der Waals surface area contributed by atoms with Crippen LogP contribution < -0.4 is 16.4 Å². The second-order valence-electron chi connectivity index (χ2n) is 8.04. The fourth-order valence-corrected chi connectivity index (χ4v) is 3.88. The van der Waals surface area contributed by atoms with Gasteiger partial charge in [0.15, 0.2) is 5.65 Å². The van der Waals surface area contributed by atoms with E-state index in [4.69, 9.17) is 5.73 Å². The molecule has 0 unspecified atom stereocenters. The number of para-hydroxylation sites is 2. The Balaban J connectivity index is 1.34. The van der Waals surface area contributed by atoms with Crippen molar-refractivity contribution in [3.8, 4) is 11.1 Å². The molecule has 7 nitrogen and oxygen atoms in total. The second-order valence-corrected chi connectivity index (χ2v) is 8.04. The van der Waals surface area contributed by atoms with Gasteiger partial charge in [-0.15, -0.1) is 5.10 Å². The van der Waals surface area contributed by atoms with Crippen molar-refractivity contribution in [1.29, 1.82) is 0 Å². The van der Waals surface area contributed by atoms with Crippen molar-refractivity contribution in [2.75, 3.05) is 16.4 Å². The first-order chi connectivity index (χ1) is 16.6. The molecule has 0 aliphatic rings. The molecular weight excluding hydrogens is 424 g/mol. The number of nitrogens with zero attached hydrogens (tertiary/aromatic N) is 3. The van der Waals surface area contributed by atoms with E-state index in [-0.39, 0.29) is 5.91 Å². The van der Waals surface area contributed by atoms with E-state index >= 15 is 0 Å². The minimum absolute atomic E-state index is 0.0433. The van der Waals surface area contributed by atoms with Crippen LogP contribution in [0.5, 0.6) is 0 Å². The van der Waals surface area contributed by atoms with Crippen LogP contribution in [0.15, 0.2) is 91.0 Å². The Morgan fingerprint density at radius 2 is 1.65 bits per heavy atom. The Hall–Kier alpha value is -4.65. The van der Waals surface area contributed by atoms with Crippen LogP contribution >= 0.6 is 0 Å². The summed E-state index contributed by atoms with van der Waals surface area (Å²) in [7, 11) is 0. The molecule has 4 N–H and O–H groups in total. The molecule has 5 rings (SSSR count). The van der Waals surface area contributed by atoms with Crippen molar-refractivity contribution >= 4 is 34.6 Å². The molecule has 7 heteroatoms. The summed E-state index contributed by atoms with van der Waals surface area (Å²) in [5.74, 6) is 0.438. The SMILES string of the molecule is Cc1c(-c2ccc(NC(=O)Cc3ccccc3)cc2)ccc2nc(Nc3ccccc3N)nn12. The van der Waals surface area contributed by atoms with Crippen molar-refractivity contribution in [1.82, 2.24) is 14.6 Å². The Kier molecular flexibility index (Phi) is 5.66. The highest BCUT2D eigenvalue weighted by Crippen LogP contribution is 2.27. The second kappa shape index (κ2) is 9.07. The average Bonchev–Trinajstić information content (AvgIpc) is 3.26. The number of hydrogen-bond donors (Lipinski definition) is 3. The first-order valence-electron chi connectivity index (χ1n) is 11.0. The summed E-state index contributed by atoms with van der Waals surface area (Å²) < 4.78 is 1.81. The first kappa shape index (κ1) is 21.2. The molecule has 34 heavy (non-hydrogen) atoms. The average molecular weight is 449 g/mol. The number of carbonyl (C=O) groups excluding carboxylic acids is 1. The van der Waals surface area contributed by atoms with E-state index < -0.39 is 0 Å². The van der Waals surface area contributed by atoms with E-state index in [1.807, 2.05) is 102 Å². The molecule has 0 bridgehead atoms. The fourth-order valence-electron chi connectivity index (χ4n) is 3.88. The lowest BCUT2D eigenvalue weighted by atomic mass is 10.0. The summed E-state index contributed by atoms with van der Waals surface area (Å²) >= 11 is 0. The monoisotopic (exact) mass is 448 g/mol. The molecule has 0 fully saturated rings. The summed E-state index contributed by atoms with van der Waals surface area (Å²) in [6, 6.07) is 29.0. The summed E-state index contributed by atoms with van der Waals surface area (Å²) in [5.41, 5.74) is 12.9. The molecule has 2 heterocycles. The predicted octanol–water partition coefficient (Wildman–Crippen LogP) is 5.21. The zero-order valence-corrected chi connectivity index (χ0v) is 18.7. The van der Waals surface area contributed by atoms with Crippen LogP contribution in [0.2, 0.25) is 0 Å². The number of amides is 1. The highest BCUT2D eigenvalue weighted by atomic mass is 16.1. The maximum absolute atomic E-state index is 12.3. The number of nitrogen functional groups attached to an aromatic ring is 1. The number of fused-ring (bicyclic) bond motifs is 1. The van der Waals surface area contributed by atoms with E-state index in [9.17, 15) is 4.79 Å². The lowest BCUT2D eigenvalue weighted by Gasteiger charge is -2.10. The third-order valence-corrected chi connectivity index (χ3v) is 5.63. The molecule has 1 amide bonds. The van der Waals surface area contributed by atoms with Gasteiger partial charge < -0.3 is 16.4 Å². The maximum Gasteiger partial charge on any atom is 0.247 e. The lowest BCUT2D eigenvalue weighted by molar-refractivity contribution is -0.115. The van der Waals surface area contributed by atoms with Crippen LogP contribution in [0, 0.1) is 6.92 Å². The first-order valence-corrected chi connectivity index (χ1v) is 11.0. The van der Waals surface area contributed by atoms with Gasteiger partial charge in [-0.1, -0.05) is 54.6 Å². The predicted molar refractivity (Wildman–Crippen MR) is 136 cm³/mol. The number of aryl methyl sites for hydroxylation is 1. The number of rotatable bonds is 6. The quantitative estimate of drug-likeness (QED) is 0.310. The maximum atomic E-state index is 12.3. The van der Waals surface area contributed by atoms with E-state index in [0.717, 1.165) is 39.4 Å². The van der Waals surface area contributed by atoms with Crippen molar-refractivity contribution in [3.05, 3.63) is 102 Å². The molecule has 3 aromatic carbocycles. The topological polar surface area (TPSA) is 97.3 Å².